The van der Waals surface area contributed by atoms with Gasteiger partial charge in [0.1, 0.15) is 17.5 Å². The Hall–Kier alpha value is -2.02. The third-order valence-corrected chi connectivity index (χ3v) is 5.58. The summed E-state index contributed by atoms with van der Waals surface area (Å²) < 4.78 is 2.23. The Balaban J connectivity index is 1.41. The fraction of sp³-hybridized carbons (Fsp3) is 0.667. The van der Waals surface area contributed by atoms with E-state index in [-0.39, 0.29) is 0 Å². The number of anilines is 1. The van der Waals surface area contributed by atoms with Crippen LogP contribution in [0.4, 0.5) is 5.82 Å². The number of aryl methyl sites for hydroxylation is 1. The molecule has 0 amide bonds. The quantitative estimate of drug-likeness (QED) is 0.846. The molecule has 0 aliphatic carbocycles. The SMILES string of the molecule is Cc1nccnc1N1CCC(c2nnc(CN3CCCC3)n2C)CC1. The number of piperidine rings is 1. The highest BCUT2D eigenvalue weighted by Crippen LogP contribution is 2.29. The lowest BCUT2D eigenvalue weighted by Gasteiger charge is -2.32. The molecule has 25 heavy (non-hydrogen) atoms. The van der Waals surface area contributed by atoms with Crippen molar-refractivity contribution in [2.24, 2.45) is 7.05 Å². The Morgan fingerprint density at radius 1 is 1.00 bits per heavy atom. The molecule has 0 bridgehead atoms. The van der Waals surface area contributed by atoms with Gasteiger partial charge in [-0.1, -0.05) is 0 Å². The van der Waals surface area contributed by atoms with Crippen LogP contribution in [-0.4, -0.2) is 55.8 Å². The lowest BCUT2D eigenvalue weighted by atomic mass is 9.96. The van der Waals surface area contributed by atoms with Crippen molar-refractivity contribution in [3.63, 3.8) is 0 Å². The van der Waals surface area contributed by atoms with E-state index in [0.717, 1.165) is 55.6 Å². The van der Waals surface area contributed by atoms with Gasteiger partial charge in [0.2, 0.25) is 0 Å². The molecule has 7 nitrogen and oxygen atoms in total. The summed E-state index contributed by atoms with van der Waals surface area (Å²) in [7, 11) is 2.12. The average Bonchev–Trinajstić information content (AvgIpc) is 3.27. The molecule has 0 unspecified atom stereocenters. The van der Waals surface area contributed by atoms with Gasteiger partial charge < -0.3 is 9.47 Å². The largest absolute Gasteiger partial charge is 0.355 e. The van der Waals surface area contributed by atoms with Gasteiger partial charge in [-0.05, 0) is 45.7 Å². The van der Waals surface area contributed by atoms with E-state index in [1.807, 2.05) is 6.92 Å². The Bertz CT molecular complexity index is 712. The van der Waals surface area contributed by atoms with E-state index in [1.54, 1.807) is 12.4 Å². The highest BCUT2D eigenvalue weighted by atomic mass is 15.3. The molecular formula is C18H27N7. The number of rotatable bonds is 4. The second-order valence-corrected chi connectivity index (χ2v) is 7.24. The van der Waals surface area contributed by atoms with E-state index in [1.165, 1.54) is 25.9 Å². The number of hydrogen-bond donors (Lipinski definition) is 0. The number of likely N-dealkylation sites (tertiary alicyclic amines) is 1. The molecule has 0 saturated carbocycles. The molecular weight excluding hydrogens is 314 g/mol. The molecule has 4 rings (SSSR count). The fourth-order valence-corrected chi connectivity index (χ4v) is 4.07. The summed E-state index contributed by atoms with van der Waals surface area (Å²) in [5.74, 6) is 3.75. The van der Waals surface area contributed by atoms with Crippen LogP contribution in [-0.2, 0) is 13.6 Å². The number of hydrogen-bond acceptors (Lipinski definition) is 6. The van der Waals surface area contributed by atoms with Gasteiger partial charge in [0.05, 0.1) is 12.2 Å². The van der Waals surface area contributed by atoms with E-state index >= 15 is 0 Å². The smallest absolute Gasteiger partial charge is 0.150 e. The van der Waals surface area contributed by atoms with Crippen LogP contribution in [0.5, 0.6) is 0 Å². The molecule has 0 atom stereocenters. The van der Waals surface area contributed by atoms with Crippen molar-refractivity contribution >= 4 is 5.82 Å². The molecule has 7 heteroatoms. The van der Waals surface area contributed by atoms with Gasteiger partial charge in [-0.3, -0.25) is 9.88 Å². The zero-order valence-corrected chi connectivity index (χ0v) is 15.2. The van der Waals surface area contributed by atoms with Gasteiger partial charge in [-0.25, -0.2) is 4.98 Å². The molecule has 2 aliphatic heterocycles. The fourth-order valence-electron chi connectivity index (χ4n) is 4.07. The van der Waals surface area contributed by atoms with E-state index < -0.39 is 0 Å². The van der Waals surface area contributed by atoms with Gasteiger partial charge in [0.15, 0.2) is 0 Å². The summed E-state index contributed by atoms with van der Waals surface area (Å²) in [5, 5.41) is 9.02. The highest BCUT2D eigenvalue weighted by molar-refractivity contribution is 5.42. The van der Waals surface area contributed by atoms with Crippen molar-refractivity contribution in [1.29, 1.82) is 0 Å². The summed E-state index contributed by atoms with van der Waals surface area (Å²) in [6, 6.07) is 0. The van der Waals surface area contributed by atoms with Crippen LogP contribution in [0.2, 0.25) is 0 Å². The third-order valence-electron chi connectivity index (χ3n) is 5.58. The minimum atomic E-state index is 0.484. The molecule has 0 radical (unpaired) electrons. The van der Waals surface area contributed by atoms with Crippen molar-refractivity contribution in [1.82, 2.24) is 29.6 Å². The summed E-state index contributed by atoms with van der Waals surface area (Å²) in [6.07, 6.45) is 8.34. The van der Waals surface area contributed by atoms with Crippen LogP contribution in [0.3, 0.4) is 0 Å². The van der Waals surface area contributed by atoms with Gasteiger partial charge in [0.25, 0.3) is 0 Å². The van der Waals surface area contributed by atoms with Crippen molar-refractivity contribution < 1.29 is 0 Å². The minimum Gasteiger partial charge on any atom is -0.355 e. The molecule has 4 heterocycles. The molecule has 0 spiro atoms. The first-order chi connectivity index (χ1) is 12.2. The lowest BCUT2D eigenvalue weighted by molar-refractivity contribution is 0.317. The number of aromatic nitrogens is 5. The average molecular weight is 341 g/mol. The van der Waals surface area contributed by atoms with Gasteiger partial charge in [-0.15, -0.1) is 10.2 Å². The molecule has 134 valence electrons. The Morgan fingerprint density at radius 2 is 1.72 bits per heavy atom. The van der Waals surface area contributed by atoms with Gasteiger partial charge in [0, 0.05) is 38.4 Å². The summed E-state index contributed by atoms with van der Waals surface area (Å²) in [6.45, 7) is 7.34. The second kappa shape index (κ2) is 7.07. The van der Waals surface area contributed by atoms with Crippen LogP contribution in [0.15, 0.2) is 12.4 Å². The van der Waals surface area contributed by atoms with Crippen LogP contribution < -0.4 is 4.90 Å². The summed E-state index contributed by atoms with van der Waals surface area (Å²) >= 11 is 0. The van der Waals surface area contributed by atoms with Gasteiger partial charge in [-0.2, -0.15) is 0 Å². The number of nitrogens with zero attached hydrogens (tertiary/aromatic N) is 7. The first-order valence-corrected chi connectivity index (χ1v) is 9.35. The maximum absolute atomic E-state index is 4.54. The Labute approximate surface area is 149 Å². The second-order valence-electron chi connectivity index (χ2n) is 7.24. The van der Waals surface area contributed by atoms with Crippen LogP contribution >= 0.6 is 0 Å². The highest BCUT2D eigenvalue weighted by Gasteiger charge is 2.27. The molecule has 2 aliphatic rings. The molecule has 0 aromatic carbocycles. The Morgan fingerprint density at radius 3 is 2.44 bits per heavy atom. The molecule has 2 saturated heterocycles. The van der Waals surface area contributed by atoms with E-state index in [0.29, 0.717) is 5.92 Å². The van der Waals surface area contributed by atoms with Crippen LogP contribution in [0, 0.1) is 6.92 Å². The first-order valence-electron chi connectivity index (χ1n) is 9.35. The standard InChI is InChI=1S/C18H27N7/c1-14-17(20-8-7-19-14)25-11-5-15(6-12-25)18-22-21-16(23(18)2)13-24-9-3-4-10-24/h7-8,15H,3-6,9-13H2,1-2H3. The summed E-state index contributed by atoms with van der Waals surface area (Å²) in [5.41, 5.74) is 1.01. The Kier molecular flexibility index (Phi) is 4.65. The van der Waals surface area contributed by atoms with E-state index in [4.69, 9.17) is 0 Å². The lowest BCUT2D eigenvalue weighted by Crippen LogP contribution is -2.34. The van der Waals surface area contributed by atoms with E-state index in [9.17, 15) is 0 Å². The maximum atomic E-state index is 4.54. The molecule has 0 N–H and O–H groups in total. The third kappa shape index (κ3) is 3.38. The zero-order chi connectivity index (χ0) is 17.2. The first kappa shape index (κ1) is 16.4. The van der Waals surface area contributed by atoms with Crippen LogP contribution in [0.25, 0.3) is 0 Å². The van der Waals surface area contributed by atoms with Crippen molar-refractivity contribution in [3.05, 3.63) is 29.7 Å². The molecule has 2 aromatic heterocycles. The maximum Gasteiger partial charge on any atom is 0.150 e. The van der Waals surface area contributed by atoms with Gasteiger partial charge >= 0.3 is 0 Å². The van der Waals surface area contributed by atoms with Crippen molar-refractivity contribution in [3.8, 4) is 0 Å². The predicted molar refractivity (Wildman–Crippen MR) is 96.5 cm³/mol. The normalized spacial score (nSPS) is 19.7. The van der Waals surface area contributed by atoms with E-state index in [2.05, 4.69) is 41.6 Å². The monoisotopic (exact) mass is 341 g/mol. The summed E-state index contributed by atoms with van der Waals surface area (Å²) in [4.78, 5) is 13.7. The van der Waals surface area contributed by atoms with Crippen molar-refractivity contribution in [2.75, 3.05) is 31.1 Å². The molecule has 2 fully saturated rings. The predicted octanol–water partition coefficient (Wildman–Crippen LogP) is 1.89. The van der Waals surface area contributed by atoms with Crippen molar-refractivity contribution in [2.45, 2.75) is 45.1 Å². The molecule has 2 aromatic rings. The topological polar surface area (TPSA) is 63.0 Å². The zero-order valence-electron chi connectivity index (χ0n) is 15.2. The van der Waals surface area contributed by atoms with Crippen LogP contribution in [0.1, 0.15) is 48.9 Å². The minimum absolute atomic E-state index is 0.484.